The largest absolute Gasteiger partial charge is 0.389 e. The first-order valence-corrected chi connectivity index (χ1v) is 7.55. The third kappa shape index (κ3) is 6.07. The van der Waals surface area contributed by atoms with Crippen molar-refractivity contribution in [3.8, 4) is 0 Å². The molecule has 0 spiro atoms. The van der Waals surface area contributed by atoms with E-state index in [9.17, 15) is 9.90 Å². The van der Waals surface area contributed by atoms with Gasteiger partial charge < -0.3 is 15.3 Å². The molecular formula is C14H24N2O2S. The SMILES string of the molecule is CCN(CC(C)(C)O)C(=O)NC(C)Cc1ccsc1. The molecule has 1 aromatic rings. The predicted molar refractivity (Wildman–Crippen MR) is 79.6 cm³/mol. The lowest BCUT2D eigenvalue weighted by atomic mass is 10.1. The lowest BCUT2D eigenvalue weighted by Gasteiger charge is -2.29. The van der Waals surface area contributed by atoms with Crippen LogP contribution in [0.25, 0.3) is 0 Å². The number of urea groups is 1. The molecule has 2 N–H and O–H groups in total. The van der Waals surface area contributed by atoms with Crippen LogP contribution in [-0.4, -0.2) is 40.8 Å². The zero-order valence-electron chi connectivity index (χ0n) is 12.1. The highest BCUT2D eigenvalue weighted by molar-refractivity contribution is 7.07. The summed E-state index contributed by atoms with van der Waals surface area (Å²) < 4.78 is 0. The molecule has 0 aliphatic carbocycles. The van der Waals surface area contributed by atoms with E-state index in [0.29, 0.717) is 13.1 Å². The zero-order chi connectivity index (χ0) is 14.5. The molecule has 1 rings (SSSR count). The monoisotopic (exact) mass is 284 g/mol. The van der Waals surface area contributed by atoms with Crippen LogP contribution in [0.1, 0.15) is 33.3 Å². The minimum Gasteiger partial charge on any atom is -0.389 e. The van der Waals surface area contributed by atoms with Crippen molar-refractivity contribution in [2.75, 3.05) is 13.1 Å². The van der Waals surface area contributed by atoms with Gasteiger partial charge in [0, 0.05) is 12.6 Å². The van der Waals surface area contributed by atoms with E-state index in [1.807, 2.05) is 19.2 Å². The van der Waals surface area contributed by atoms with Gasteiger partial charge in [-0.1, -0.05) is 0 Å². The minimum absolute atomic E-state index is 0.0814. The van der Waals surface area contributed by atoms with Gasteiger partial charge in [-0.2, -0.15) is 11.3 Å². The number of nitrogens with one attached hydrogen (secondary N) is 1. The summed E-state index contributed by atoms with van der Waals surface area (Å²) in [6, 6.07) is 2.03. The molecule has 0 aliphatic rings. The fourth-order valence-electron chi connectivity index (χ4n) is 1.91. The van der Waals surface area contributed by atoms with Crippen molar-refractivity contribution < 1.29 is 9.90 Å². The summed E-state index contributed by atoms with van der Waals surface area (Å²) in [6.45, 7) is 8.24. The highest BCUT2D eigenvalue weighted by atomic mass is 32.1. The maximum Gasteiger partial charge on any atom is 0.317 e. The van der Waals surface area contributed by atoms with Crippen LogP contribution in [0.2, 0.25) is 0 Å². The van der Waals surface area contributed by atoms with Crippen molar-refractivity contribution >= 4 is 17.4 Å². The molecule has 1 atom stereocenters. The molecule has 4 nitrogen and oxygen atoms in total. The summed E-state index contributed by atoms with van der Waals surface area (Å²) in [5.41, 5.74) is 0.368. The van der Waals surface area contributed by atoms with Gasteiger partial charge in [0.1, 0.15) is 0 Å². The van der Waals surface area contributed by atoms with Gasteiger partial charge in [-0.25, -0.2) is 4.79 Å². The molecule has 0 saturated carbocycles. The van der Waals surface area contributed by atoms with Crippen LogP contribution in [0.15, 0.2) is 16.8 Å². The Labute approximate surface area is 119 Å². The van der Waals surface area contributed by atoms with Crippen molar-refractivity contribution in [2.24, 2.45) is 0 Å². The Kier molecular flexibility index (Phi) is 5.82. The summed E-state index contributed by atoms with van der Waals surface area (Å²) in [5, 5.41) is 16.9. The lowest BCUT2D eigenvalue weighted by Crippen LogP contribution is -2.49. The molecule has 0 aromatic carbocycles. The standard InChI is InChI=1S/C14H24N2O2S/c1-5-16(10-14(3,4)18)13(17)15-11(2)8-12-6-7-19-9-12/h6-7,9,11,18H,5,8,10H2,1-4H3,(H,15,17). The predicted octanol–water partition coefficient (Wildman–Crippen LogP) is 2.48. The number of rotatable bonds is 6. The average Bonchev–Trinajstić information content (AvgIpc) is 2.76. The molecule has 1 heterocycles. The normalized spacial score (nSPS) is 13.1. The average molecular weight is 284 g/mol. The van der Waals surface area contributed by atoms with Gasteiger partial charge in [-0.15, -0.1) is 0 Å². The second kappa shape index (κ2) is 6.91. The number of carbonyl (C=O) groups excluding carboxylic acids is 1. The van der Waals surface area contributed by atoms with Crippen LogP contribution in [0.5, 0.6) is 0 Å². The van der Waals surface area contributed by atoms with E-state index >= 15 is 0 Å². The first-order chi connectivity index (χ1) is 8.81. The van der Waals surface area contributed by atoms with Crippen molar-refractivity contribution in [2.45, 2.75) is 45.8 Å². The fourth-order valence-corrected chi connectivity index (χ4v) is 2.59. The van der Waals surface area contributed by atoms with Gasteiger partial charge in [-0.05, 0) is 56.5 Å². The number of nitrogens with zero attached hydrogens (tertiary/aromatic N) is 1. The maximum atomic E-state index is 12.1. The number of hydrogen-bond acceptors (Lipinski definition) is 3. The molecule has 1 aromatic heterocycles. The van der Waals surface area contributed by atoms with E-state index in [0.717, 1.165) is 6.42 Å². The Balaban J connectivity index is 2.47. The van der Waals surface area contributed by atoms with Crippen molar-refractivity contribution in [3.05, 3.63) is 22.4 Å². The van der Waals surface area contributed by atoms with Gasteiger partial charge in [0.25, 0.3) is 0 Å². The molecular weight excluding hydrogens is 260 g/mol. The Morgan fingerprint density at radius 3 is 2.74 bits per heavy atom. The molecule has 5 heteroatoms. The number of likely N-dealkylation sites (N-methyl/N-ethyl adjacent to an activating group) is 1. The third-order valence-corrected chi connectivity index (χ3v) is 3.47. The number of thiophene rings is 1. The molecule has 0 bridgehead atoms. The van der Waals surface area contributed by atoms with Crippen LogP contribution < -0.4 is 5.32 Å². The molecule has 2 amide bonds. The van der Waals surface area contributed by atoms with Gasteiger partial charge in [0.15, 0.2) is 0 Å². The van der Waals surface area contributed by atoms with Crippen LogP contribution in [0.4, 0.5) is 4.79 Å². The highest BCUT2D eigenvalue weighted by Gasteiger charge is 2.22. The smallest absolute Gasteiger partial charge is 0.317 e. The van der Waals surface area contributed by atoms with Crippen molar-refractivity contribution in [1.82, 2.24) is 10.2 Å². The Hall–Kier alpha value is -1.07. The number of aliphatic hydroxyl groups is 1. The van der Waals surface area contributed by atoms with E-state index in [-0.39, 0.29) is 12.1 Å². The molecule has 0 radical (unpaired) electrons. The highest BCUT2D eigenvalue weighted by Crippen LogP contribution is 2.09. The topological polar surface area (TPSA) is 52.6 Å². The van der Waals surface area contributed by atoms with E-state index in [2.05, 4.69) is 16.8 Å². The first-order valence-electron chi connectivity index (χ1n) is 6.60. The third-order valence-electron chi connectivity index (χ3n) is 2.74. The van der Waals surface area contributed by atoms with Crippen LogP contribution >= 0.6 is 11.3 Å². The molecule has 1 unspecified atom stereocenters. The van der Waals surface area contributed by atoms with E-state index < -0.39 is 5.60 Å². The molecule has 108 valence electrons. The summed E-state index contributed by atoms with van der Waals surface area (Å²) in [7, 11) is 0. The molecule has 0 aliphatic heterocycles. The molecule has 0 fully saturated rings. The van der Waals surface area contributed by atoms with Crippen LogP contribution in [0.3, 0.4) is 0 Å². The number of hydrogen-bond donors (Lipinski definition) is 2. The zero-order valence-corrected chi connectivity index (χ0v) is 13.0. The van der Waals surface area contributed by atoms with Crippen molar-refractivity contribution in [3.63, 3.8) is 0 Å². The number of carbonyl (C=O) groups is 1. The maximum absolute atomic E-state index is 12.1. The summed E-state index contributed by atoms with van der Waals surface area (Å²) in [5.74, 6) is 0. The lowest BCUT2D eigenvalue weighted by molar-refractivity contribution is 0.0476. The van der Waals surface area contributed by atoms with Crippen LogP contribution in [-0.2, 0) is 6.42 Å². The fraction of sp³-hybridized carbons (Fsp3) is 0.643. The minimum atomic E-state index is -0.871. The Morgan fingerprint density at radius 2 is 2.26 bits per heavy atom. The second-order valence-corrected chi connectivity index (χ2v) is 6.29. The Bertz CT molecular complexity index is 385. The quantitative estimate of drug-likeness (QED) is 0.843. The molecule has 0 saturated heterocycles. The number of amides is 2. The summed E-state index contributed by atoms with van der Waals surface area (Å²) in [6.07, 6.45) is 0.829. The van der Waals surface area contributed by atoms with Gasteiger partial charge in [0.2, 0.25) is 0 Å². The van der Waals surface area contributed by atoms with E-state index in [1.165, 1.54) is 5.56 Å². The summed E-state index contributed by atoms with van der Waals surface area (Å²) in [4.78, 5) is 13.7. The van der Waals surface area contributed by atoms with Crippen molar-refractivity contribution in [1.29, 1.82) is 0 Å². The van der Waals surface area contributed by atoms with E-state index in [4.69, 9.17) is 0 Å². The van der Waals surface area contributed by atoms with Gasteiger partial charge in [-0.3, -0.25) is 0 Å². The first kappa shape index (κ1) is 16.0. The van der Waals surface area contributed by atoms with Gasteiger partial charge in [0.05, 0.1) is 12.1 Å². The summed E-state index contributed by atoms with van der Waals surface area (Å²) >= 11 is 1.66. The van der Waals surface area contributed by atoms with Crippen LogP contribution in [0, 0.1) is 0 Å². The van der Waals surface area contributed by atoms with E-state index in [1.54, 1.807) is 30.1 Å². The second-order valence-electron chi connectivity index (χ2n) is 5.51. The van der Waals surface area contributed by atoms with Gasteiger partial charge >= 0.3 is 6.03 Å². The molecule has 19 heavy (non-hydrogen) atoms. The Morgan fingerprint density at radius 1 is 1.58 bits per heavy atom.